The second kappa shape index (κ2) is 6.17. The Morgan fingerprint density at radius 1 is 1.19 bits per heavy atom. The van der Waals surface area contributed by atoms with Crippen LogP contribution in [0, 0.1) is 6.92 Å². The van der Waals surface area contributed by atoms with Gasteiger partial charge in [-0.2, -0.15) is 0 Å². The van der Waals surface area contributed by atoms with Crippen molar-refractivity contribution in [3.63, 3.8) is 0 Å². The number of thiophene rings is 1. The Bertz CT molecular complexity index is 747. The molecule has 0 aliphatic carbocycles. The van der Waals surface area contributed by atoms with Crippen molar-refractivity contribution in [3.8, 4) is 0 Å². The Balaban J connectivity index is 1.81. The molecule has 106 valence electrons. The van der Waals surface area contributed by atoms with E-state index < -0.39 is 0 Å². The van der Waals surface area contributed by atoms with Crippen molar-refractivity contribution in [2.24, 2.45) is 4.99 Å². The summed E-state index contributed by atoms with van der Waals surface area (Å²) in [5, 5.41) is 3.41. The minimum Gasteiger partial charge on any atom is -0.300 e. The molecule has 1 N–H and O–H groups in total. The summed E-state index contributed by atoms with van der Waals surface area (Å²) in [6.07, 6.45) is 1.90. The number of aryl methyl sites for hydroxylation is 1. The van der Waals surface area contributed by atoms with Crippen molar-refractivity contribution in [2.75, 3.05) is 0 Å². The van der Waals surface area contributed by atoms with E-state index >= 15 is 0 Å². The van der Waals surface area contributed by atoms with Crippen LogP contribution in [0.4, 0.5) is 5.69 Å². The molecule has 1 fully saturated rings. The largest absolute Gasteiger partial charge is 0.300 e. The summed E-state index contributed by atoms with van der Waals surface area (Å²) in [5.41, 5.74) is 0.814. The Morgan fingerprint density at radius 3 is 2.62 bits per heavy atom. The first kappa shape index (κ1) is 14.6. The van der Waals surface area contributed by atoms with Crippen LogP contribution in [0.1, 0.15) is 9.75 Å². The maximum Gasteiger partial charge on any atom is 0.264 e. The third kappa shape index (κ3) is 3.64. The van der Waals surface area contributed by atoms with Gasteiger partial charge in [0, 0.05) is 14.2 Å². The Labute approximate surface area is 139 Å². The van der Waals surface area contributed by atoms with Crippen LogP contribution in [0.15, 0.2) is 50.8 Å². The van der Waals surface area contributed by atoms with Gasteiger partial charge in [0.1, 0.15) is 0 Å². The molecule has 21 heavy (non-hydrogen) atoms. The zero-order chi connectivity index (χ0) is 14.8. The molecular weight excluding hydrogens is 368 g/mol. The molecule has 1 aliphatic heterocycles. The molecule has 1 aliphatic rings. The van der Waals surface area contributed by atoms with E-state index in [-0.39, 0.29) is 5.91 Å². The number of rotatable bonds is 2. The number of hydrogen-bond acceptors (Lipinski definition) is 4. The highest BCUT2D eigenvalue weighted by atomic mass is 79.9. The van der Waals surface area contributed by atoms with Crippen molar-refractivity contribution in [1.82, 2.24) is 5.32 Å². The summed E-state index contributed by atoms with van der Waals surface area (Å²) in [5.74, 6) is -0.0954. The highest BCUT2D eigenvalue weighted by Crippen LogP contribution is 2.30. The van der Waals surface area contributed by atoms with Crippen LogP contribution in [-0.2, 0) is 4.79 Å². The predicted molar refractivity (Wildman–Crippen MR) is 94.0 cm³/mol. The first-order valence-corrected chi connectivity index (χ1v) is 8.64. The maximum atomic E-state index is 12.0. The van der Waals surface area contributed by atoms with Gasteiger partial charge in [-0.15, -0.1) is 11.3 Å². The van der Waals surface area contributed by atoms with Gasteiger partial charge in [-0.3, -0.25) is 4.79 Å². The third-order valence-electron chi connectivity index (χ3n) is 2.74. The lowest BCUT2D eigenvalue weighted by molar-refractivity contribution is -0.115. The number of halogens is 1. The van der Waals surface area contributed by atoms with Crippen LogP contribution in [0.25, 0.3) is 6.08 Å². The molecule has 1 aromatic heterocycles. The Morgan fingerprint density at radius 2 is 1.95 bits per heavy atom. The van der Waals surface area contributed by atoms with Gasteiger partial charge in [-0.25, -0.2) is 4.99 Å². The molecule has 2 heterocycles. The van der Waals surface area contributed by atoms with E-state index in [1.807, 2.05) is 42.5 Å². The molecule has 3 rings (SSSR count). The second-order valence-corrected chi connectivity index (χ2v) is 7.67. The molecule has 1 aromatic carbocycles. The highest BCUT2D eigenvalue weighted by molar-refractivity contribution is 9.10. The summed E-state index contributed by atoms with van der Waals surface area (Å²) in [6, 6.07) is 11.7. The molecule has 1 saturated heterocycles. The van der Waals surface area contributed by atoms with Crippen molar-refractivity contribution < 1.29 is 4.79 Å². The number of carbonyl (C=O) groups excluding carboxylic acids is 1. The monoisotopic (exact) mass is 378 g/mol. The standard InChI is InChI=1S/C15H11BrN2OS2/c1-9-2-7-12(20-9)8-13-14(19)18-15(21-13)17-11-5-3-10(16)4-6-11/h2-8H,1H3,(H,17,18,19)/b13-8+. The molecule has 6 heteroatoms. The molecule has 0 spiro atoms. The van der Waals surface area contributed by atoms with E-state index in [0.717, 1.165) is 15.0 Å². The third-order valence-corrected chi connectivity index (χ3v) is 5.13. The quantitative estimate of drug-likeness (QED) is 0.768. The highest BCUT2D eigenvalue weighted by Gasteiger charge is 2.23. The molecule has 0 bridgehead atoms. The number of hydrogen-bond donors (Lipinski definition) is 1. The van der Waals surface area contributed by atoms with Crippen LogP contribution in [0.2, 0.25) is 0 Å². The van der Waals surface area contributed by atoms with Gasteiger partial charge in [0.2, 0.25) is 0 Å². The van der Waals surface area contributed by atoms with Gasteiger partial charge in [-0.05, 0) is 61.2 Å². The number of aliphatic imine (C=N–C) groups is 1. The summed E-state index contributed by atoms with van der Waals surface area (Å²) < 4.78 is 1.00. The molecular formula is C15H11BrN2OS2. The van der Waals surface area contributed by atoms with E-state index in [4.69, 9.17) is 0 Å². The maximum absolute atomic E-state index is 12.0. The normalized spacial score (nSPS) is 18.5. The average Bonchev–Trinajstić information content (AvgIpc) is 3.00. The first-order chi connectivity index (χ1) is 10.1. The van der Waals surface area contributed by atoms with E-state index in [1.54, 1.807) is 11.3 Å². The van der Waals surface area contributed by atoms with Crippen LogP contribution in [0.3, 0.4) is 0 Å². The number of nitrogens with one attached hydrogen (secondary N) is 1. The number of benzene rings is 1. The van der Waals surface area contributed by atoms with E-state index in [1.165, 1.54) is 16.6 Å². The van der Waals surface area contributed by atoms with E-state index in [9.17, 15) is 4.79 Å². The van der Waals surface area contributed by atoms with Gasteiger partial charge >= 0.3 is 0 Å². The Hall–Kier alpha value is -1.37. The fourth-order valence-corrected chi connectivity index (χ4v) is 3.77. The van der Waals surface area contributed by atoms with Crippen LogP contribution in [-0.4, -0.2) is 11.1 Å². The molecule has 1 amide bonds. The zero-order valence-corrected chi connectivity index (χ0v) is 14.3. The summed E-state index contributed by atoms with van der Waals surface area (Å²) in [4.78, 5) is 19.4. The van der Waals surface area contributed by atoms with Gasteiger partial charge in [-0.1, -0.05) is 15.9 Å². The number of nitrogens with zero attached hydrogens (tertiary/aromatic N) is 1. The predicted octanol–water partition coefficient (Wildman–Crippen LogP) is 4.71. The van der Waals surface area contributed by atoms with Gasteiger partial charge in [0.05, 0.1) is 10.6 Å². The van der Waals surface area contributed by atoms with Gasteiger partial charge in [0.25, 0.3) is 5.91 Å². The van der Waals surface area contributed by atoms with Crippen molar-refractivity contribution in [2.45, 2.75) is 6.92 Å². The molecule has 0 unspecified atom stereocenters. The van der Waals surface area contributed by atoms with Crippen LogP contribution >= 0.6 is 39.0 Å². The fraction of sp³-hybridized carbons (Fsp3) is 0.0667. The molecule has 0 atom stereocenters. The first-order valence-electron chi connectivity index (χ1n) is 6.22. The van der Waals surface area contributed by atoms with Gasteiger partial charge in [0.15, 0.2) is 5.17 Å². The van der Waals surface area contributed by atoms with Gasteiger partial charge < -0.3 is 5.32 Å². The minimum atomic E-state index is -0.0954. The molecule has 0 radical (unpaired) electrons. The van der Waals surface area contributed by atoms with Crippen LogP contribution in [0.5, 0.6) is 0 Å². The Kier molecular flexibility index (Phi) is 4.28. The average molecular weight is 379 g/mol. The lowest BCUT2D eigenvalue weighted by Gasteiger charge is -1.96. The van der Waals surface area contributed by atoms with Crippen molar-refractivity contribution >= 4 is 61.9 Å². The number of amidine groups is 1. The van der Waals surface area contributed by atoms with Crippen molar-refractivity contribution in [3.05, 3.63) is 55.5 Å². The SMILES string of the molecule is Cc1ccc(/C=C2/SC(=Nc3ccc(Br)cc3)NC2=O)s1. The topological polar surface area (TPSA) is 41.5 Å². The zero-order valence-electron chi connectivity index (χ0n) is 11.1. The molecule has 2 aromatic rings. The summed E-state index contributed by atoms with van der Waals surface area (Å²) >= 11 is 6.42. The smallest absolute Gasteiger partial charge is 0.264 e. The fourth-order valence-electron chi connectivity index (χ4n) is 1.77. The van der Waals surface area contributed by atoms with E-state index in [2.05, 4.69) is 33.2 Å². The lowest BCUT2D eigenvalue weighted by Crippen LogP contribution is -2.19. The molecule has 0 saturated carbocycles. The van der Waals surface area contributed by atoms with E-state index in [0.29, 0.717) is 10.1 Å². The number of amides is 1. The number of carbonyl (C=O) groups is 1. The van der Waals surface area contributed by atoms with Crippen LogP contribution < -0.4 is 5.32 Å². The summed E-state index contributed by atoms with van der Waals surface area (Å²) in [6.45, 7) is 2.05. The number of thioether (sulfide) groups is 1. The minimum absolute atomic E-state index is 0.0954. The lowest BCUT2D eigenvalue weighted by atomic mass is 10.3. The molecule has 3 nitrogen and oxygen atoms in total. The van der Waals surface area contributed by atoms with Crippen molar-refractivity contribution in [1.29, 1.82) is 0 Å². The second-order valence-electron chi connectivity index (χ2n) is 4.41. The summed E-state index contributed by atoms with van der Waals surface area (Å²) in [7, 11) is 0.